The second kappa shape index (κ2) is 5.33. The van der Waals surface area contributed by atoms with E-state index in [1.54, 1.807) is 24.5 Å². The van der Waals surface area contributed by atoms with Crippen molar-refractivity contribution in [1.82, 2.24) is 4.98 Å². The average molecular weight is 244 g/mol. The molecule has 15 heavy (non-hydrogen) atoms. The highest BCUT2D eigenvalue weighted by Gasteiger charge is 2.06. The van der Waals surface area contributed by atoms with Gasteiger partial charge in [-0.2, -0.15) is 0 Å². The van der Waals surface area contributed by atoms with Crippen LogP contribution in [-0.4, -0.2) is 12.1 Å². The molecule has 1 aromatic carbocycles. The Kier molecular flexibility index (Phi) is 4.36. The number of hydrogen-bond acceptors (Lipinski definition) is 3. The molecule has 2 nitrogen and oxygen atoms in total. The van der Waals surface area contributed by atoms with Crippen molar-refractivity contribution in [3.8, 4) is 5.75 Å². The van der Waals surface area contributed by atoms with Crippen LogP contribution in [0.1, 0.15) is 18.9 Å². The van der Waals surface area contributed by atoms with Crippen LogP contribution in [-0.2, 0) is 0 Å². The van der Waals surface area contributed by atoms with E-state index in [1.165, 1.54) is 0 Å². The largest absolute Gasteiger partial charge is 0.497 e. The van der Waals surface area contributed by atoms with Crippen molar-refractivity contribution in [3.63, 3.8) is 0 Å². The van der Waals surface area contributed by atoms with Crippen LogP contribution in [0.15, 0.2) is 12.1 Å². The number of methoxy groups -OCH3 is 1. The van der Waals surface area contributed by atoms with E-state index in [0.717, 1.165) is 21.0 Å². The van der Waals surface area contributed by atoms with Gasteiger partial charge in [0.1, 0.15) is 11.3 Å². The van der Waals surface area contributed by atoms with Crippen LogP contribution in [0.3, 0.4) is 0 Å². The first-order valence-corrected chi connectivity index (χ1v) is 6.01. The van der Waals surface area contributed by atoms with Crippen LogP contribution < -0.4 is 4.74 Å². The van der Waals surface area contributed by atoms with Crippen LogP contribution in [0.2, 0.25) is 5.02 Å². The molecule has 0 N–H and O–H groups in total. The molecule has 2 rings (SSSR count). The molecule has 1 aromatic heterocycles. The number of rotatable bonds is 1. The topological polar surface area (TPSA) is 22.1 Å². The first kappa shape index (κ1) is 12.3. The molecule has 0 amide bonds. The lowest BCUT2D eigenvalue weighted by molar-refractivity contribution is 0.415. The lowest BCUT2D eigenvalue weighted by atomic mass is 10.3. The molecule has 4 heteroatoms. The Bertz CT molecular complexity index is 453. The zero-order chi connectivity index (χ0) is 11.4. The molecule has 82 valence electrons. The van der Waals surface area contributed by atoms with Gasteiger partial charge >= 0.3 is 0 Å². The van der Waals surface area contributed by atoms with Gasteiger partial charge in [0, 0.05) is 6.07 Å². The molecule has 0 bridgehead atoms. The fourth-order valence-corrected chi connectivity index (χ4v) is 2.38. The van der Waals surface area contributed by atoms with Crippen LogP contribution in [0, 0.1) is 6.92 Å². The summed E-state index contributed by atoms with van der Waals surface area (Å²) in [6, 6.07) is 3.73. The van der Waals surface area contributed by atoms with Crippen molar-refractivity contribution in [1.29, 1.82) is 0 Å². The molecule has 2 aromatic rings. The van der Waals surface area contributed by atoms with Crippen molar-refractivity contribution in [2.75, 3.05) is 7.11 Å². The maximum Gasteiger partial charge on any atom is 0.121 e. The fourth-order valence-electron chi connectivity index (χ4n) is 1.19. The number of nitrogens with zero attached hydrogens (tertiary/aromatic N) is 1. The van der Waals surface area contributed by atoms with E-state index in [2.05, 4.69) is 4.98 Å². The first-order chi connectivity index (χ1) is 7.20. The van der Waals surface area contributed by atoms with Gasteiger partial charge in [0.15, 0.2) is 0 Å². The van der Waals surface area contributed by atoms with Gasteiger partial charge in [-0.25, -0.2) is 4.98 Å². The Morgan fingerprint density at radius 3 is 2.60 bits per heavy atom. The summed E-state index contributed by atoms with van der Waals surface area (Å²) < 4.78 is 6.18. The van der Waals surface area contributed by atoms with Crippen molar-refractivity contribution < 1.29 is 4.74 Å². The molecular weight excluding hydrogens is 230 g/mol. The number of hydrogen-bond donors (Lipinski definition) is 0. The Balaban J connectivity index is 0.000000531. The molecule has 0 aliphatic carbocycles. The van der Waals surface area contributed by atoms with Gasteiger partial charge < -0.3 is 4.74 Å². The monoisotopic (exact) mass is 243 g/mol. The summed E-state index contributed by atoms with van der Waals surface area (Å²) in [4.78, 5) is 4.32. The van der Waals surface area contributed by atoms with Crippen LogP contribution in [0.25, 0.3) is 10.2 Å². The zero-order valence-electron chi connectivity index (χ0n) is 9.30. The molecule has 1 heterocycles. The smallest absolute Gasteiger partial charge is 0.121 e. The molecule has 0 saturated heterocycles. The van der Waals surface area contributed by atoms with Crippen molar-refractivity contribution in [2.45, 2.75) is 20.8 Å². The van der Waals surface area contributed by atoms with E-state index < -0.39 is 0 Å². The van der Waals surface area contributed by atoms with E-state index in [9.17, 15) is 0 Å². The van der Waals surface area contributed by atoms with E-state index in [0.29, 0.717) is 5.02 Å². The number of fused-ring (bicyclic) bond motifs is 1. The SMILES string of the molecule is CC.COc1cc(Cl)c2nc(C)sc2c1. The second-order valence-electron chi connectivity index (χ2n) is 2.69. The normalized spacial score (nSPS) is 9.67. The molecule has 0 aliphatic rings. The molecule has 0 saturated carbocycles. The summed E-state index contributed by atoms with van der Waals surface area (Å²) in [5.41, 5.74) is 0.866. The maximum absolute atomic E-state index is 6.02. The number of benzene rings is 1. The lowest BCUT2D eigenvalue weighted by Crippen LogP contribution is -1.81. The number of aromatic nitrogens is 1. The molecular formula is C11H14ClNOS. The highest BCUT2D eigenvalue weighted by Crippen LogP contribution is 2.32. The molecule has 0 unspecified atom stereocenters. The summed E-state index contributed by atoms with van der Waals surface area (Å²) >= 11 is 7.64. The van der Waals surface area contributed by atoms with E-state index in [4.69, 9.17) is 16.3 Å². The van der Waals surface area contributed by atoms with E-state index in [1.807, 2.05) is 26.8 Å². The number of aryl methyl sites for hydroxylation is 1. The van der Waals surface area contributed by atoms with Gasteiger partial charge in [0.05, 0.1) is 21.8 Å². The fraction of sp³-hybridized carbons (Fsp3) is 0.364. The van der Waals surface area contributed by atoms with E-state index in [-0.39, 0.29) is 0 Å². The minimum Gasteiger partial charge on any atom is -0.497 e. The number of halogens is 1. The Labute approximate surface area is 98.9 Å². The molecule has 0 radical (unpaired) electrons. The molecule has 0 spiro atoms. The highest BCUT2D eigenvalue weighted by atomic mass is 35.5. The molecule has 0 fully saturated rings. The van der Waals surface area contributed by atoms with Gasteiger partial charge in [-0.15, -0.1) is 11.3 Å². The predicted molar refractivity (Wildman–Crippen MR) is 67.3 cm³/mol. The Morgan fingerprint density at radius 1 is 1.33 bits per heavy atom. The highest BCUT2D eigenvalue weighted by molar-refractivity contribution is 7.18. The van der Waals surface area contributed by atoms with Crippen molar-refractivity contribution >= 4 is 33.2 Å². The van der Waals surface area contributed by atoms with Gasteiger partial charge in [0.25, 0.3) is 0 Å². The van der Waals surface area contributed by atoms with Crippen molar-refractivity contribution in [3.05, 3.63) is 22.2 Å². The van der Waals surface area contributed by atoms with Crippen LogP contribution >= 0.6 is 22.9 Å². The number of ether oxygens (including phenoxy) is 1. The van der Waals surface area contributed by atoms with Crippen LogP contribution in [0.4, 0.5) is 0 Å². The van der Waals surface area contributed by atoms with Crippen molar-refractivity contribution in [2.24, 2.45) is 0 Å². The molecule has 0 aliphatic heterocycles. The quantitative estimate of drug-likeness (QED) is 0.745. The average Bonchev–Trinajstić information content (AvgIpc) is 2.62. The van der Waals surface area contributed by atoms with Gasteiger partial charge in [0.2, 0.25) is 0 Å². The third-order valence-electron chi connectivity index (χ3n) is 1.76. The third-order valence-corrected chi connectivity index (χ3v) is 2.97. The molecule has 0 atom stereocenters. The first-order valence-electron chi connectivity index (χ1n) is 4.81. The summed E-state index contributed by atoms with van der Waals surface area (Å²) in [6.07, 6.45) is 0. The minimum atomic E-state index is 0.652. The summed E-state index contributed by atoms with van der Waals surface area (Å²) in [6.45, 7) is 5.97. The summed E-state index contributed by atoms with van der Waals surface area (Å²) in [5, 5.41) is 1.67. The van der Waals surface area contributed by atoms with Crippen LogP contribution in [0.5, 0.6) is 5.75 Å². The van der Waals surface area contributed by atoms with Gasteiger partial charge in [-0.1, -0.05) is 25.4 Å². The standard InChI is InChI=1S/C9H8ClNOS.C2H6/c1-5-11-9-7(10)3-6(12-2)4-8(9)13-5;1-2/h3-4H,1-2H3;1-2H3. The summed E-state index contributed by atoms with van der Waals surface area (Å²) in [7, 11) is 1.63. The lowest BCUT2D eigenvalue weighted by Gasteiger charge is -1.99. The third kappa shape index (κ3) is 2.61. The maximum atomic E-state index is 6.02. The second-order valence-corrected chi connectivity index (χ2v) is 4.33. The Hall–Kier alpha value is -0.800. The van der Waals surface area contributed by atoms with Gasteiger partial charge in [-0.3, -0.25) is 0 Å². The predicted octanol–water partition coefficient (Wildman–Crippen LogP) is 4.29. The minimum absolute atomic E-state index is 0.652. The van der Waals surface area contributed by atoms with E-state index >= 15 is 0 Å². The number of thiazole rings is 1. The summed E-state index contributed by atoms with van der Waals surface area (Å²) in [5.74, 6) is 0.779. The zero-order valence-corrected chi connectivity index (χ0v) is 10.9. The van der Waals surface area contributed by atoms with Gasteiger partial charge in [-0.05, 0) is 13.0 Å². The Morgan fingerprint density at radius 2 is 2.00 bits per heavy atom.